The van der Waals surface area contributed by atoms with Crippen LogP contribution >= 0.6 is 0 Å². The maximum atomic E-state index is 5.19. The van der Waals surface area contributed by atoms with Gasteiger partial charge in [0.15, 0.2) is 0 Å². The molecular formula is C4H8N2. The van der Waals surface area contributed by atoms with E-state index >= 15 is 0 Å². The molecule has 0 bridgehead atoms. The van der Waals surface area contributed by atoms with Gasteiger partial charge in [0.1, 0.15) is 0 Å². The average Bonchev–Trinajstić information content (AvgIpc) is 2.21. The largest absolute Gasteiger partial charge is 0.350 e. The summed E-state index contributed by atoms with van der Waals surface area (Å²) in [6, 6.07) is 0. The molecule has 34 valence electrons. The highest BCUT2D eigenvalue weighted by Crippen LogP contribution is 2.01. The first-order valence-electron chi connectivity index (χ1n) is 2.07. The minimum atomic E-state index is 0.757. The summed E-state index contributed by atoms with van der Waals surface area (Å²) in [5.74, 6) is 0. The van der Waals surface area contributed by atoms with Crippen LogP contribution in [0.3, 0.4) is 0 Å². The molecule has 0 saturated carbocycles. The molecule has 0 saturated heterocycles. The van der Waals surface area contributed by atoms with Gasteiger partial charge in [-0.25, -0.2) is 0 Å². The van der Waals surface area contributed by atoms with Crippen molar-refractivity contribution in [1.82, 2.24) is 4.90 Å². The van der Waals surface area contributed by atoms with Crippen molar-refractivity contribution in [2.45, 2.75) is 0 Å². The first-order valence-corrected chi connectivity index (χ1v) is 2.07. The fraction of sp³-hybridized carbons (Fsp3) is 0.500. The molecule has 0 spiro atoms. The second-order valence-electron chi connectivity index (χ2n) is 1.32. The van der Waals surface area contributed by atoms with Crippen LogP contribution in [0.1, 0.15) is 0 Å². The fourth-order valence-corrected chi connectivity index (χ4v) is 0.345. The van der Waals surface area contributed by atoms with Gasteiger partial charge in [-0.1, -0.05) is 0 Å². The van der Waals surface area contributed by atoms with E-state index in [9.17, 15) is 0 Å². The van der Waals surface area contributed by atoms with Crippen molar-refractivity contribution >= 4 is 0 Å². The lowest BCUT2D eigenvalue weighted by atomic mass is 10.7. The maximum absolute atomic E-state index is 5.19. The molecule has 0 aromatic heterocycles. The van der Waals surface area contributed by atoms with Crippen LogP contribution in [0, 0.1) is 0 Å². The molecule has 1 rings (SSSR count). The van der Waals surface area contributed by atoms with Crippen LogP contribution in [0.2, 0.25) is 0 Å². The lowest BCUT2D eigenvalue weighted by Crippen LogP contribution is -2.11. The van der Waals surface area contributed by atoms with E-state index < -0.39 is 0 Å². The van der Waals surface area contributed by atoms with Gasteiger partial charge in [0, 0.05) is 25.5 Å². The van der Waals surface area contributed by atoms with Crippen LogP contribution in [0.5, 0.6) is 0 Å². The van der Waals surface area contributed by atoms with Gasteiger partial charge in [-0.3, -0.25) is 0 Å². The topological polar surface area (TPSA) is 29.0 Å². The Morgan fingerprint density at radius 3 is 2.33 bits per heavy atom. The SMILES string of the molecule is NCCN1C=C1. The zero-order valence-electron chi connectivity index (χ0n) is 3.59. The summed E-state index contributed by atoms with van der Waals surface area (Å²) < 4.78 is 0. The first kappa shape index (κ1) is 3.68. The molecule has 0 amide bonds. The van der Waals surface area contributed by atoms with Crippen LogP contribution < -0.4 is 5.73 Å². The molecule has 2 heteroatoms. The summed E-state index contributed by atoms with van der Waals surface area (Å²) in [6.07, 6.45) is 4.01. The van der Waals surface area contributed by atoms with Gasteiger partial charge in [-0.2, -0.15) is 0 Å². The molecule has 0 radical (unpaired) electrons. The highest BCUT2D eigenvalue weighted by Gasteiger charge is 1.99. The van der Waals surface area contributed by atoms with E-state index in [4.69, 9.17) is 5.73 Å². The molecule has 1 aliphatic heterocycles. The number of hydrogen-bond donors (Lipinski definition) is 1. The quantitative estimate of drug-likeness (QED) is 0.499. The van der Waals surface area contributed by atoms with Crippen molar-refractivity contribution in [2.75, 3.05) is 13.1 Å². The molecule has 1 heterocycles. The van der Waals surface area contributed by atoms with Crippen molar-refractivity contribution in [3.05, 3.63) is 12.4 Å². The zero-order valence-corrected chi connectivity index (χ0v) is 3.59. The Morgan fingerprint density at radius 2 is 2.17 bits per heavy atom. The van der Waals surface area contributed by atoms with E-state index in [1.807, 2.05) is 12.4 Å². The van der Waals surface area contributed by atoms with Crippen molar-refractivity contribution in [3.63, 3.8) is 0 Å². The fourth-order valence-electron chi connectivity index (χ4n) is 0.345. The normalized spacial score (nSPS) is 15.8. The van der Waals surface area contributed by atoms with Gasteiger partial charge < -0.3 is 10.6 Å². The van der Waals surface area contributed by atoms with Gasteiger partial charge in [0.05, 0.1) is 0 Å². The minimum absolute atomic E-state index is 0.757. The van der Waals surface area contributed by atoms with Gasteiger partial charge in [0.25, 0.3) is 0 Å². The lowest BCUT2D eigenvalue weighted by molar-refractivity contribution is 0.613. The minimum Gasteiger partial charge on any atom is -0.350 e. The van der Waals surface area contributed by atoms with Gasteiger partial charge in [-0.05, 0) is 0 Å². The third-order valence-corrected chi connectivity index (χ3v) is 0.747. The summed E-state index contributed by atoms with van der Waals surface area (Å²) in [5, 5.41) is 0. The third-order valence-electron chi connectivity index (χ3n) is 0.747. The van der Waals surface area contributed by atoms with E-state index in [0.29, 0.717) is 0 Å². The molecule has 0 fully saturated rings. The molecule has 6 heavy (non-hydrogen) atoms. The molecule has 0 aromatic carbocycles. The molecule has 0 unspecified atom stereocenters. The van der Waals surface area contributed by atoms with Crippen molar-refractivity contribution in [1.29, 1.82) is 0 Å². The van der Waals surface area contributed by atoms with Gasteiger partial charge in [0.2, 0.25) is 0 Å². The van der Waals surface area contributed by atoms with E-state index in [0.717, 1.165) is 13.1 Å². The standard InChI is InChI=1S/C4H8N2/c5-1-2-6-3-4-6/h3-4H,1-2,5H2. The van der Waals surface area contributed by atoms with E-state index in [-0.39, 0.29) is 0 Å². The van der Waals surface area contributed by atoms with Gasteiger partial charge >= 0.3 is 0 Å². The van der Waals surface area contributed by atoms with E-state index in [1.54, 1.807) is 0 Å². The first-order chi connectivity index (χ1) is 2.93. The van der Waals surface area contributed by atoms with Crippen molar-refractivity contribution < 1.29 is 0 Å². The Bertz CT molecular complexity index is 61.9. The summed E-state index contributed by atoms with van der Waals surface area (Å²) in [4.78, 5) is 2.06. The predicted octanol–water partition coefficient (Wildman–Crippen LogP) is -0.268. The highest BCUT2D eigenvalue weighted by molar-refractivity contribution is 5.00. The average molecular weight is 84.1 g/mol. The monoisotopic (exact) mass is 84.1 g/mol. The Morgan fingerprint density at radius 1 is 1.50 bits per heavy atom. The van der Waals surface area contributed by atoms with Crippen LogP contribution in [0.15, 0.2) is 12.4 Å². The number of nitrogens with two attached hydrogens (primary N) is 1. The molecule has 0 atom stereocenters. The summed E-state index contributed by atoms with van der Waals surface area (Å²) >= 11 is 0. The van der Waals surface area contributed by atoms with Crippen LogP contribution in [-0.4, -0.2) is 18.0 Å². The zero-order chi connectivity index (χ0) is 4.41. The van der Waals surface area contributed by atoms with Gasteiger partial charge in [-0.15, -0.1) is 0 Å². The van der Waals surface area contributed by atoms with E-state index in [1.165, 1.54) is 0 Å². The predicted molar refractivity (Wildman–Crippen MR) is 24.9 cm³/mol. The third kappa shape index (κ3) is 0.723. The Kier molecular flexibility index (Phi) is 0.801. The Labute approximate surface area is 37.2 Å². The van der Waals surface area contributed by atoms with Crippen LogP contribution in [0.4, 0.5) is 0 Å². The number of rotatable bonds is 2. The smallest absolute Gasteiger partial charge is 0.0343 e. The molecule has 2 nitrogen and oxygen atoms in total. The summed E-state index contributed by atoms with van der Waals surface area (Å²) in [7, 11) is 0. The second kappa shape index (κ2) is 1.30. The molecule has 2 N–H and O–H groups in total. The lowest BCUT2D eigenvalue weighted by Gasteiger charge is -1.93. The highest BCUT2D eigenvalue weighted by atomic mass is 15.2. The Balaban J connectivity index is 1.90. The van der Waals surface area contributed by atoms with Crippen molar-refractivity contribution in [3.8, 4) is 0 Å². The maximum Gasteiger partial charge on any atom is 0.0343 e. The summed E-state index contributed by atoms with van der Waals surface area (Å²) in [6.45, 7) is 1.74. The van der Waals surface area contributed by atoms with Crippen molar-refractivity contribution in [2.24, 2.45) is 5.73 Å². The number of nitrogens with zero attached hydrogens (tertiary/aromatic N) is 1. The van der Waals surface area contributed by atoms with Crippen LogP contribution in [-0.2, 0) is 0 Å². The molecule has 0 aliphatic carbocycles. The summed E-state index contributed by atoms with van der Waals surface area (Å²) in [5.41, 5.74) is 5.19. The molecule has 0 aromatic rings. The Hall–Kier alpha value is -0.500. The molecule has 1 aliphatic rings. The number of hydrogen-bond acceptors (Lipinski definition) is 2. The van der Waals surface area contributed by atoms with E-state index in [2.05, 4.69) is 4.90 Å². The molecular weight excluding hydrogens is 76.1 g/mol. The van der Waals surface area contributed by atoms with Crippen LogP contribution in [0.25, 0.3) is 0 Å². The second-order valence-corrected chi connectivity index (χ2v) is 1.32.